The van der Waals surface area contributed by atoms with Gasteiger partial charge in [0.05, 0.1) is 22.5 Å². The Hall–Kier alpha value is -2.55. The quantitative estimate of drug-likeness (QED) is 0.735. The van der Waals surface area contributed by atoms with Gasteiger partial charge in [-0.05, 0) is 57.2 Å². The van der Waals surface area contributed by atoms with Crippen LogP contribution in [0, 0.1) is 13.8 Å². The lowest BCUT2D eigenvalue weighted by Crippen LogP contribution is -2.29. The molecule has 3 heterocycles. The molecule has 0 saturated heterocycles. The second kappa shape index (κ2) is 5.68. The van der Waals surface area contributed by atoms with Crippen LogP contribution in [0.5, 0.6) is 0 Å². The average molecular weight is 289 g/mol. The van der Waals surface area contributed by atoms with E-state index in [9.17, 15) is 0 Å². The highest BCUT2D eigenvalue weighted by Crippen LogP contribution is 2.35. The van der Waals surface area contributed by atoms with Crippen LogP contribution in [0.1, 0.15) is 35.4 Å². The molecule has 0 radical (unpaired) electrons. The first-order valence-corrected chi connectivity index (χ1v) is 7.40. The monoisotopic (exact) mass is 289 g/mol. The summed E-state index contributed by atoms with van der Waals surface area (Å²) < 4.78 is 0. The Balaban J connectivity index is 2.27. The molecule has 0 bridgehead atoms. The number of nitrogens with zero attached hydrogens (tertiary/aromatic N) is 3. The van der Waals surface area contributed by atoms with Gasteiger partial charge in [-0.3, -0.25) is 15.0 Å². The maximum absolute atomic E-state index is 4.75. The van der Waals surface area contributed by atoms with Crippen molar-refractivity contribution in [2.75, 3.05) is 0 Å². The topological polar surface area (TPSA) is 38.7 Å². The fourth-order valence-electron chi connectivity index (χ4n) is 2.70. The number of hydrogen-bond donors (Lipinski definition) is 0. The molecule has 0 amide bonds. The Labute approximate surface area is 131 Å². The van der Waals surface area contributed by atoms with Crippen molar-refractivity contribution in [3.8, 4) is 0 Å². The number of pyridine rings is 3. The van der Waals surface area contributed by atoms with Gasteiger partial charge in [-0.15, -0.1) is 0 Å². The lowest BCUT2D eigenvalue weighted by atomic mass is 9.78. The highest BCUT2D eigenvalue weighted by atomic mass is 14.8. The van der Waals surface area contributed by atoms with Gasteiger partial charge in [-0.25, -0.2) is 0 Å². The van der Waals surface area contributed by atoms with Crippen molar-refractivity contribution in [1.82, 2.24) is 15.0 Å². The predicted octanol–water partition coefficient (Wildman–Crippen LogP) is 3.84. The van der Waals surface area contributed by atoms with Crippen LogP contribution in [-0.4, -0.2) is 15.0 Å². The number of aryl methyl sites for hydroxylation is 2. The minimum atomic E-state index is -0.473. The van der Waals surface area contributed by atoms with E-state index in [0.29, 0.717) is 0 Å². The molecule has 0 fully saturated rings. The Morgan fingerprint density at radius 2 is 1.23 bits per heavy atom. The van der Waals surface area contributed by atoms with Gasteiger partial charge in [-0.1, -0.05) is 18.2 Å². The Morgan fingerprint density at radius 1 is 0.682 bits per heavy atom. The summed E-state index contributed by atoms with van der Waals surface area (Å²) in [6, 6.07) is 18.1. The van der Waals surface area contributed by atoms with Gasteiger partial charge in [0.1, 0.15) is 0 Å². The van der Waals surface area contributed by atoms with Gasteiger partial charge in [0, 0.05) is 17.6 Å². The highest BCUT2D eigenvalue weighted by molar-refractivity contribution is 5.41. The molecule has 0 aliphatic carbocycles. The van der Waals surface area contributed by atoms with E-state index >= 15 is 0 Å². The predicted molar refractivity (Wildman–Crippen MR) is 87.7 cm³/mol. The van der Waals surface area contributed by atoms with Crippen LogP contribution in [0.2, 0.25) is 0 Å². The molecule has 3 heteroatoms. The molecular formula is C19H19N3. The highest BCUT2D eigenvalue weighted by Gasteiger charge is 2.35. The molecule has 110 valence electrons. The van der Waals surface area contributed by atoms with Crippen molar-refractivity contribution in [2.24, 2.45) is 0 Å². The van der Waals surface area contributed by atoms with Crippen LogP contribution < -0.4 is 0 Å². The van der Waals surface area contributed by atoms with E-state index in [-0.39, 0.29) is 0 Å². The Morgan fingerprint density at radius 3 is 1.68 bits per heavy atom. The van der Waals surface area contributed by atoms with E-state index in [0.717, 1.165) is 28.5 Å². The summed E-state index contributed by atoms with van der Waals surface area (Å²) in [7, 11) is 0. The van der Waals surface area contributed by atoms with E-state index in [1.807, 2.05) is 74.6 Å². The van der Waals surface area contributed by atoms with Gasteiger partial charge in [0.15, 0.2) is 0 Å². The summed E-state index contributed by atoms with van der Waals surface area (Å²) in [6.45, 7) is 6.15. The van der Waals surface area contributed by atoms with Crippen LogP contribution in [-0.2, 0) is 5.41 Å². The average Bonchev–Trinajstić information content (AvgIpc) is 2.55. The molecule has 0 atom stereocenters. The summed E-state index contributed by atoms with van der Waals surface area (Å²) >= 11 is 0. The van der Waals surface area contributed by atoms with Crippen molar-refractivity contribution in [3.05, 3.63) is 89.3 Å². The molecule has 3 aromatic heterocycles. The lowest BCUT2D eigenvalue weighted by Gasteiger charge is -2.28. The third-order valence-corrected chi connectivity index (χ3v) is 3.98. The SMILES string of the molecule is Cc1cccc(C(C)(c2ccccn2)c2cccc(C)n2)n1. The molecule has 0 aromatic carbocycles. The van der Waals surface area contributed by atoms with E-state index < -0.39 is 5.41 Å². The minimum Gasteiger partial charge on any atom is -0.260 e. The first-order chi connectivity index (χ1) is 10.6. The van der Waals surface area contributed by atoms with E-state index in [4.69, 9.17) is 9.97 Å². The van der Waals surface area contributed by atoms with E-state index in [1.165, 1.54) is 0 Å². The maximum Gasteiger partial charge on any atom is 0.0939 e. The van der Waals surface area contributed by atoms with Gasteiger partial charge in [0.25, 0.3) is 0 Å². The van der Waals surface area contributed by atoms with Crippen molar-refractivity contribution >= 4 is 0 Å². The summed E-state index contributed by atoms with van der Waals surface area (Å²) in [5.41, 5.74) is 4.39. The standard InChI is InChI=1S/C19H19N3/c1-14-8-6-11-17(21-14)19(3,16-10-4-5-13-20-16)18-12-7-9-15(2)22-18/h4-13H,1-3H3. The molecule has 3 rings (SSSR count). The van der Waals surface area contributed by atoms with E-state index in [2.05, 4.69) is 11.9 Å². The number of hydrogen-bond acceptors (Lipinski definition) is 3. The fraction of sp³-hybridized carbons (Fsp3) is 0.211. The van der Waals surface area contributed by atoms with Crippen LogP contribution in [0.15, 0.2) is 60.8 Å². The molecule has 0 saturated carbocycles. The normalized spacial score (nSPS) is 11.4. The Kier molecular flexibility index (Phi) is 3.72. The smallest absolute Gasteiger partial charge is 0.0939 e. The van der Waals surface area contributed by atoms with Crippen LogP contribution in [0.3, 0.4) is 0 Å². The van der Waals surface area contributed by atoms with Crippen molar-refractivity contribution < 1.29 is 0 Å². The lowest BCUT2D eigenvalue weighted by molar-refractivity contribution is 0.615. The van der Waals surface area contributed by atoms with Gasteiger partial charge >= 0.3 is 0 Å². The van der Waals surface area contributed by atoms with Crippen molar-refractivity contribution in [2.45, 2.75) is 26.2 Å². The zero-order valence-corrected chi connectivity index (χ0v) is 13.1. The second-order valence-electron chi connectivity index (χ2n) is 5.67. The second-order valence-corrected chi connectivity index (χ2v) is 5.67. The molecule has 0 aliphatic rings. The molecule has 22 heavy (non-hydrogen) atoms. The van der Waals surface area contributed by atoms with Crippen molar-refractivity contribution in [3.63, 3.8) is 0 Å². The summed E-state index contributed by atoms with van der Waals surface area (Å²) in [4.78, 5) is 14.1. The number of rotatable bonds is 3. The zero-order chi connectivity index (χ0) is 15.6. The third-order valence-electron chi connectivity index (χ3n) is 3.98. The zero-order valence-electron chi connectivity index (χ0n) is 13.1. The molecular weight excluding hydrogens is 270 g/mol. The molecule has 3 aromatic rings. The van der Waals surface area contributed by atoms with Gasteiger partial charge in [0.2, 0.25) is 0 Å². The van der Waals surface area contributed by atoms with Crippen LogP contribution >= 0.6 is 0 Å². The fourth-order valence-corrected chi connectivity index (χ4v) is 2.70. The minimum absolute atomic E-state index is 0.473. The van der Waals surface area contributed by atoms with Crippen LogP contribution in [0.25, 0.3) is 0 Å². The molecule has 0 spiro atoms. The van der Waals surface area contributed by atoms with Gasteiger partial charge < -0.3 is 0 Å². The third kappa shape index (κ3) is 2.50. The first kappa shape index (κ1) is 14.4. The van der Waals surface area contributed by atoms with E-state index in [1.54, 1.807) is 0 Å². The molecule has 0 unspecified atom stereocenters. The largest absolute Gasteiger partial charge is 0.260 e. The Bertz CT molecular complexity index is 736. The summed E-state index contributed by atoms with van der Waals surface area (Å²) in [6.07, 6.45) is 1.82. The molecule has 0 N–H and O–H groups in total. The molecule has 3 nitrogen and oxygen atoms in total. The maximum atomic E-state index is 4.75. The van der Waals surface area contributed by atoms with Gasteiger partial charge in [-0.2, -0.15) is 0 Å². The molecule has 0 aliphatic heterocycles. The summed E-state index contributed by atoms with van der Waals surface area (Å²) in [5, 5.41) is 0. The number of aromatic nitrogens is 3. The first-order valence-electron chi connectivity index (χ1n) is 7.40. The van der Waals surface area contributed by atoms with Crippen molar-refractivity contribution in [1.29, 1.82) is 0 Å². The van der Waals surface area contributed by atoms with Crippen LogP contribution in [0.4, 0.5) is 0 Å². The summed E-state index contributed by atoms with van der Waals surface area (Å²) in [5.74, 6) is 0.